The molecule has 1 saturated carbocycles. The molecule has 0 bridgehead atoms. The second kappa shape index (κ2) is 9.69. The van der Waals surface area contributed by atoms with Crippen LogP contribution in [0.2, 0.25) is 0 Å². The van der Waals surface area contributed by atoms with Gasteiger partial charge in [0.25, 0.3) is 0 Å². The highest BCUT2D eigenvalue weighted by Crippen LogP contribution is 2.41. The minimum atomic E-state index is -5.06. The maximum atomic E-state index is 14.1. The molecule has 2 aliphatic heterocycles. The smallest absolute Gasteiger partial charge is 0.417 e. The van der Waals surface area contributed by atoms with Gasteiger partial charge in [0.1, 0.15) is 17.2 Å². The lowest BCUT2D eigenvalue weighted by Crippen LogP contribution is -2.50. The number of nitriles is 1. The Morgan fingerprint density at radius 3 is 2.41 bits per heavy atom. The maximum absolute atomic E-state index is 14.1. The van der Waals surface area contributed by atoms with Crippen molar-refractivity contribution in [1.29, 1.82) is 5.26 Å². The lowest BCUT2D eigenvalue weighted by Gasteiger charge is -2.28. The van der Waals surface area contributed by atoms with Crippen molar-refractivity contribution < 1.29 is 40.7 Å². The van der Waals surface area contributed by atoms with E-state index in [0.717, 1.165) is 11.0 Å². The van der Waals surface area contributed by atoms with E-state index in [1.807, 2.05) is 6.07 Å². The Hall–Kier alpha value is -3.34. The van der Waals surface area contributed by atoms with Gasteiger partial charge in [-0.25, -0.2) is 13.2 Å². The molecular formula is C25H29F3N4O6S. The number of sulfone groups is 1. The summed E-state index contributed by atoms with van der Waals surface area (Å²) in [5.74, 6) is -2.06. The number of halogens is 3. The first-order valence-corrected chi connectivity index (χ1v) is 14.0. The third kappa shape index (κ3) is 5.83. The van der Waals surface area contributed by atoms with Crippen molar-refractivity contribution in [2.24, 2.45) is 0 Å². The molecule has 0 aromatic heterocycles. The summed E-state index contributed by atoms with van der Waals surface area (Å²) in [6.45, 7) is 4.42. The fraction of sp³-hybridized carbons (Fsp3) is 0.600. The van der Waals surface area contributed by atoms with Gasteiger partial charge in [-0.3, -0.25) is 14.5 Å². The number of alkyl halides is 3. The molecule has 3 fully saturated rings. The van der Waals surface area contributed by atoms with Crippen molar-refractivity contribution in [3.63, 3.8) is 0 Å². The van der Waals surface area contributed by atoms with E-state index in [-0.39, 0.29) is 12.0 Å². The van der Waals surface area contributed by atoms with E-state index in [1.54, 1.807) is 20.8 Å². The number of carbonyl (C=O) groups is 3. The molecule has 3 atom stereocenters. The number of rotatable bonds is 5. The first-order valence-electron chi connectivity index (χ1n) is 12.4. The van der Waals surface area contributed by atoms with Crippen LogP contribution in [0, 0.1) is 11.3 Å². The first kappa shape index (κ1) is 28.7. The van der Waals surface area contributed by atoms with E-state index in [1.165, 1.54) is 6.07 Å². The van der Waals surface area contributed by atoms with Crippen molar-refractivity contribution in [3.05, 3.63) is 29.3 Å². The molecule has 1 unspecified atom stereocenters. The van der Waals surface area contributed by atoms with Crippen LogP contribution in [-0.4, -0.2) is 66.7 Å². The fourth-order valence-electron chi connectivity index (χ4n) is 4.83. The molecule has 10 nitrogen and oxygen atoms in total. The van der Waals surface area contributed by atoms with Crippen LogP contribution in [0.15, 0.2) is 23.1 Å². The number of nitrogens with zero attached hydrogens (tertiary/aromatic N) is 2. The van der Waals surface area contributed by atoms with Gasteiger partial charge in [-0.2, -0.15) is 18.4 Å². The predicted molar refractivity (Wildman–Crippen MR) is 130 cm³/mol. The van der Waals surface area contributed by atoms with E-state index in [2.05, 4.69) is 10.6 Å². The quantitative estimate of drug-likeness (QED) is 0.554. The van der Waals surface area contributed by atoms with E-state index < -0.39 is 85.7 Å². The summed E-state index contributed by atoms with van der Waals surface area (Å²) < 4.78 is 74.9. The van der Waals surface area contributed by atoms with Crippen molar-refractivity contribution in [2.75, 3.05) is 13.1 Å². The zero-order valence-electron chi connectivity index (χ0n) is 21.6. The number of ether oxygens (including phenoxy) is 1. The summed E-state index contributed by atoms with van der Waals surface area (Å²) in [6.07, 6.45) is -5.50. The van der Waals surface area contributed by atoms with E-state index in [9.17, 15) is 41.2 Å². The van der Waals surface area contributed by atoms with Crippen molar-refractivity contribution in [3.8, 4) is 6.07 Å². The predicted octanol–water partition coefficient (Wildman–Crippen LogP) is 2.63. The van der Waals surface area contributed by atoms with Crippen LogP contribution in [-0.2, 0) is 30.3 Å². The molecule has 2 heterocycles. The summed E-state index contributed by atoms with van der Waals surface area (Å²) >= 11 is 0. The van der Waals surface area contributed by atoms with Crippen LogP contribution < -0.4 is 10.6 Å². The van der Waals surface area contributed by atoms with Crippen LogP contribution in [0.25, 0.3) is 0 Å². The number of likely N-dealkylation sites (tertiary alicyclic amines) is 1. The Morgan fingerprint density at radius 1 is 1.23 bits per heavy atom. The van der Waals surface area contributed by atoms with Crippen LogP contribution >= 0.6 is 0 Å². The SMILES string of the molecule is CC(C)(C)OC(=O)N1C[C@H](S(=O)(=O)c2ccc(C3CCNC3=O)cc2C(F)(F)F)C[C@H]1C(=O)NC1(C#N)CC1. The van der Waals surface area contributed by atoms with Gasteiger partial charge < -0.3 is 15.4 Å². The molecule has 2 saturated heterocycles. The monoisotopic (exact) mass is 570 g/mol. The van der Waals surface area contributed by atoms with Gasteiger partial charge in [0.15, 0.2) is 9.84 Å². The standard InChI is InChI=1S/C25H29F3N4O6S/c1-23(2,3)38-22(35)32-12-15(11-18(32)21(34)31-24(13-29)7-8-24)39(36,37)19-5-4-14(10-17(19)25(26,27)28)16-6-9-30-20(16)33/h4-5,10,15-16,18H,6-9,11-12H2,1-3H3,(H,30,33)(H,31,34)/t15-,16?,18+/m1/s1. The Balaban J connectivity index is 1.69. The molecule has 39 heavy (non-hydrogen) atoms. The number of amides is 3. The highest BCUT2D eigenvalue weighted by molar-refractivity contribution is 7.92. The third-order valence-electron chi connectivity index (χ3n) is 7.03. The summed E-state index contributed by atoms with van der Waals surface area (Å²) in [4.78, 5) is 37.9. The molecule has 0 spiro atoms. The Labute approximate surface area is 223 Å². The molecule has 212 valence electrons. The fourth-order valence-corrected chi connectivity index (χ4v) is 6.72. The van der Waals surface area contributed by atoms with Gasteiger partial charge in [-0.15, -0.1) is 0 Å². The molecule has 3 aliphatic rings. The van der Waals surface area contributed by atoms with E-state index >= 15 is 0 Å². The summed E-state index contributed by atoms with van der Waals surface area (Å²) in [5.41, 5.74) is -3.48. The molecule has 1 aromatic rings. The summed E-state index contributed by atoms with van der Waals surface area (Å²) in [5, 5.41) is 12.9. The Morgan fingerprint density at radius 2 is 1.90 bits per heavy atom. The molecule has 1 aliphatic carbocycles. The molecule has 2 N–H and O–H groups in total. The maximum Gasteiger partial charge on any atom is 0.417 e. The highest BCUT2D eigenvalue weighted by Gasteiger charge is 2.52. The van der Waals surface area contributed by atoms with Crippen LogP contribution in [0.5, 0.6) is 0 Å². The minimum Gasteiger partial charge on any atom is -0.444 e. The number of hydrogen-bond donors (Lipinski definition) is 2. The molecule has 3 amide bonds. The van der Waals surface area contributed by atoms with Crippen LogP contribution in [0.1, 0.15) is 63.5 Å². The molecular weight excluding hydrogens is 541 g/mol. The zero-order chi connectivity index (χ0) is 29.0. The second-order valence-corrected chi connectivity index (χ2v) is 13.3. The minimum absolute atomic E-state index is 0.0431. The van der Waals surface area contributed by atoms with Crippen molar-refractivity contribution in [2.45, 2.75) is 85.9 Å². The summed E-state index contributed by atoms with van der Waals surface area (Å²) in [6, 6.07) is 3.30. The largest absolute Gasteiger partial charge is 0.444 e. The highest BCUT2D eigenvalue weighted by atomic mass is 32.2. The van der Waals surface area contributed by atoms with Gasteiger partial charge >= 0.3 is 12.3 Å². The first-order chi connectivity index (χ1) is 18.0. The van der Waals surface area contributed by atoms with Crippen LogP contribution in [0.4, 0.5) is 18.0 Å². The molecule has 14 heteroatoms. The van der Waals surface area contributed by atoms with Gasteiger partial charge in [0.05, 0.1) is 27.7 Å². The number of benzene rings is 1. The normalized spacial score (nSPS) is 24.6. The van der Waals surface area contributed by atoms with Gasteiger partial charge in [-0.1, -0.05) is 6.07 Å². The van der Waals surface area contributed by atoms with Gasteiger partial charge in [0, 0.05) is 13.1 Å². The van der Waals surface area contributed by atoms with Crippen molar-refractivity contribution >= 4 is 27.7 Å². The molecule has 4 rings (SSSR count). The number of nitrogens with one attached hydrogen (secondary N) is 2. The number of hydrogen-bond acceptors (Lipinski definition) is 7. The van der Waals surface area contributed by atoms with Crippen LogP contribution in [0.3, 0.4) is 0 Å². The summed E-state index contributed by atoms with van der Waals surface area (Å²) in [7, 11) is -4.73. The van der Waals surface area contributed by atoms with Gasteiger partial charge in [0.2, 0.25) is 11.8 Å². The Bertz CT molecular complexity index is 1340. The van der Waals surface area contributed by atoms with Crippen molar-refractivity contribution in [1.82, 2.24) is 15.5 Å². The number of carbonyl (C=O) groups excluding carboxylic acids is 3. The third-order valence-corrected chi connectivity index (χ3v) is 9.21. The average molecular weight is 571 g/mol. The van der Waals surface area contributed by atoms with E-state index in [0.29, 0.717) is 25.5 Å². The molecule has 0 radical (unpaired) electrons. The zero-order valence-corrected chi connectivity index (χ0v) is 22.4. The lowest BCUT2D eigenvalue weighted by atomic mass is 9.96. The van der Waals surface area contributed by atoms with E-state index in [4.69, 9.17) is 4.74 Å². The topological polar surface area (TPSA) is 146 Å². The molecule has 1 aromatic carbocycles. The van der Waals surface area contributed by atoms with Gasteiger partial charge in [-0.05, 0) is 64.2 Å². The average Bonchev–Trinajstić information content (AvgIpc) is 3.23. The second-order valence-electron chi connectivity index (χ2n) is 11.1. The Kier molecular flexibility index (Phi) is 7.12. The lowest BCUT2D eigenvalue weighted by molar-refractivity contribution is -0.140.